The molecule has 0 radical (unpaired) electrons. The number of hydrogen-bond acceptors (Lipinski definition) is 3. The lowest BCUT2D eigenvalue weighted by Crippen LogP contribution is -2.38. The molecule has 1 N–H and O–H groups in total. The van der Waals surface area contributed by atoms with Gasteiger partial charge >= 0.3 is 0 Å². The van der Waals surface area contributed by atoms with Gasteiger partial charge in [0.2, 0.25) is 5.91 Å². The highest BCUT2D eigenvalue weighted by Gasteiger charge is 2.24. The van der Waals surface area contributed by atoms with E-state index in [1.54, 1.807) is 24.3 Å². The van der Waals surface area contributed by atoms with E-state index >= 15 is 0 Å². The van der Waals surface area contributed by atoms with E-state index in [9.17, 15) is 9.59 Å². The fourth-order valence-corrected chi connectivity index (χ4v) is 3.64. The van der Waals surface area contributed by atoms with E-state index in [0.29, 0.717) is 10.6 Å². The molecule has 0 spiro atoms. The number of hydrogen-bond donors (Lipinski definition) is 1. The molecular formula is C22H26ClN3O2. The number of rotatable bonds is 5. The highest BCUT2D eigenvalue weighted by atomic mass is 35.5. The standard InChI is InChI=1S/C22H26ClN3O2/c1-25-12-7-13-26(15-14-25)21(27)16-20(17-8-3-2-4-9-17)24-22(28)18-10-5-6-11-19(18)23/h2-6,8-11,20H,7,12-16H2,1H3,(H,24,28). The second kappa shape index (κ2) is 9.71. The Morgan fingerprint density at radius 2 is 1.71 bits per heavy atom. The Bertz CT molecular complexity index is 812. The first-order valence-electron chi connectivity index (χ1n) is 9.61. The Hall–Kier alpha value is -2.37. The van der Waals surface area contributed by atoms with E-state index in [1.165, 1.54) is 0 Å². The summed E-state index contributed by atoms with van der Waals surface area (Å²) in [6.45, 7) is 3.33. The second-order valence-corrected chi connectivity index (χ2v) is 7.57. The molecule has 2 aromatic rings. The molecule has 0 aromatic heterocycles. The number of amides is 2. The highest BCUT2D eigenvalue weighted by molar-refractivity contribution is 6.33. The predicted molar refractivity (Wildman–Crippen MR) is 111 cm³/mol. The average Bonchev–Trinajstić information content (AvgIpc) is 2.93. The maximum atomic E-state index is 13.0. The summed E-state index contributed by atoms with van der Waals surface area (Å²) in [6, 6.07) is 16.1. The van der Waals surface area contributed by atoms with Gasteiger partial charge in [0, 0.05) is 19.6 Å². The number of carbonyl (C=O) groups excluding carboxylic acids is 2. The lowest BCUT2D eigenvalue weighted by atomic mass is 10.0. The van der Waals surface area contributed by atoms with Gasteiger partial charge in [-0.25, -0.2) is 0 Å². The fourth-order valence-electron chi connectivity index (χ4n) is 3.42. The van der Waals surface area contributed by atoms with Gasteiger partial charge in [-0.3, -0.25) is 9.59 Å². The van der Waals surface area contributed by atoms with Crippen LogP contribution in [0.5, 0.6) is 0 Å². The van der Waals surface area contributed by atoms with Crippen molar-refractivity contribution in [2.45, 2.75) is 18.9 Å². The molecule has 0 saturated carbocycles. The van der Waals surface area contributed by atoms with Crippen LogP contribution in [0.25, 0.3) is 0 Å². The van der Waals surface area contributed by atoms with Crippen LogP contribution in [-0.2, 0) is 4.79 Å². The smallest absolute Gasteiger partial charge is 0.253 e. The number of nitrogens with one attached hydrogen (secondary N) is 1. The van der Waals surface area contributed by atoms with E-state index in [4.69, 9.17) is 11.6 Å². The van der Waals surface area contributed by atoms with Crippen molar-refractivity contribution in [2.24, 2.45) is 0 Å². The largest absolute Gasteiger partial charge is 0.345 e. The van der Waals surface area contributed by atoms with Crippen molar-refractivity contribution in [3.05, 3.63) is 70.7 Å². The van der Waals surface area contributed by atoms with Crippen molar-refractivity contribution in [1.82, 2.24) is 15.1 Å². The van der Waals surface area contributed by atoms with Gasteiger partial charge in [0.25, 0.3) is 5.91 Å². The Morgan fingerprint density at radius 3 is 2.46 bits per heavy atom. The van der Waals surface area contributed by atoms with Crippen LogP contribution >= 0.6 is 11.6 Å². The van der Waals surface area contributed by atoms with Crippen molar-refractivity contribution in [3.63, 3.8) is 0 Å². The van der Waals surface area contributed by atoms with Gasteiger partial charge in [-0.1, -0.05) is 54.1 Å². The quantitative estimate of drug-likeness (QED) is 0.838. The van der Waals surface area contributed by atoms with Gasteiger partial charge in [-0.15, -0.1) is 0 Å². The molecule has 6 heteroatoms. The van der Waals surface area contributed by atoms with Crippen LogP contribution in [0.4, 0.5) is 0 Å². The number of nitrogens with zero attached hydrogens (tertiary/aromatic N) is 2. The molecule has 148 valence electrons. The summed E-state index contributed by atoms with van der Waals surface area (Å²) in [5.41, 5.74) is 1.32. The van der Waals surface area contributed by atoms with Gasteiger partial charge in [0.15, 0.2) is 0 Å². The van der Waals surface area contributed by atoms with Crippen LogP contribution in [0, 0.1) is 0 Å². The summed E-state index contributed by atoms with van der Waals surface area (Å²) in [6.07, 6.45) is 1.19. The van der Waals surface area contributed by atoms with Crippen LogP contribution in [0.3, 0.4) is 0 Å². The van der Waals surface area contributed by atoms with Crippen LogP contribution in [-0.4, -0.2) is 54.8 Å². The van der Waals surface area contributed by atoms with Gasteiger partial charge in [0.05, 0.1) is 23.0 Å². The van der Waals surface area contributed by atoms with Crippen LogP contribution < -0.4 is 5.32 Å². The Kier molecular flexibility index (Phi) is 7.06. The Labute approximate surface area is 171 Å². The maximum absolute atomic E-state index is 13.0. The molecule has 1 saturated heterocycles. The lowest BCUT2D eigenvalue weighted by Gasteiger charge is -2.25. The van der Waals surface area contributed by atoms with Gasteiger partial charge in [-0.05, 0) is 37.7 Å². The topological polar surface area (TPSA) is 52.6 Å². The first kappa shape index (κ1) is 20.4. The maximum Gasteiger partial charge on any atom is 0.253 e. The monoisotopic (exact) mass is 399 g/mol. The summed E-state index contributed by atoms with van der Waals surface area (Å²) >= 11 is 6.17. The molecule has 1 heterocycles. The van der Waals surface area contributed by atoms with Gasteiger partial charge in [-0.2, -0.15) is 0 Å². The molecule has 1 atom stereocenters. The third-order valence-corrected chi connectivity index (χ3v) is 5.41. The van der Waals surface area contributed by atoms with Crippen molar-refractivity contribution in [3.8, 4) is 0 Å². The van der Waals surface area contributed by atoms with Crippen LogP contribution in [0.1, 0.15) is 34.8 Å². The Morgan fingerprint density at radius 1 is 1.00 bits per heavy atom. The molecule has 3 rings (SSSR count). The normalized spacial score (nSPS) is 16.3. The zero-order valence-corrected chi connectivity index (χ0v) is 16.9. The third-order valence-electron chi connectivity index (χ3n) is 5.08. The number of halogens is 1. The number of carbonyl (C=O) groups is 2. The molecule has 1 fully saturated rings. The first-order chi connectivity index (χ1) is 13.5. The zero-order chi connectivity index (χ0) is 19.9. The lowest BCUT2D eigenvalue weighted by molar-refractivity contribution is -0.131. The predicted octanol–water partition coefficient (Wildman–Crippen LogP) is 3.37. The van der Waals surface area contributed by atoms with E-state index in [0.717, 1.165) is 38.2 Å². The molecule has 1 aliphatic heterocycles. The average molecular weight is 400 g/mol. The molecule has 28 heavy (non-hydrogen) atoms. The molecular weight excluding hydrogens is 374 g/mol. The van der Waals surface area contributed by atoms with Crippen LogP contribution in [0.15, 0.2) is 54.6 Å². The summed E-state index contributed by atoms with van der Waals surface area (Å²) in [4.78, 5) is 29.9. The first-order valence-corrected chi connectivity index (χ1v) is 9.99. The molecule has 0 bridgehead atoms. The molecule has 0 aliphatic carbocycles. The van der Waals surface area contributed by atoms with Gasteiger partial charge in [0.1, 0.15) is 0 Å². The van der Waals surface area contributed by atoms with Crippen LogP contribution in [0.2, 0.25) is 5.02 Å². The van der Waals surface area contributed by atoms with Crippen molar-refractivity contribution in [2.75, 3.05) is 33.2 Å². The van der Waals surface area contributed by atoms with Crippen molar-refractivity contribution in [1.29, 1.82) is 0 Å². The zero-order valence-electron chi connectivity index (χ0n) is 16.1. The summed E-state index contributed by atoms with van der Waals surface area (Å²) in [5, 5.41) is 3.40. The van der Waals surface area contributed by atoms with Crippen molar-refractivity contribution < 1.29 is 9.59 Å². The summed E-state index contributed by atoms with van der Waals surface area (Å²) < 4.78 is 0. The second-order valence-electron chi connectivity index (χ2n) is 7.16. The minimum absolute atomic E-state index is 0.0589. The minimum Gasteiger partial charge on any atom is -0.345 e. The molecule has 2 aromatic carbocycles. The molecule has 1 aliphatic rings. The Balaban J connectivity index is 1.75. The van der Waals surface area contributed by atoms with E-state index < -0.39 is 6.04 Å². The van der Waals surface area contributed by atoms with E-state index in [2.05, 4.69) is 17.3 Å². The fraction of sp³-hybridized carbons (Fsp3) is 0.364. The highest BCUT2D eigenvalue weighted by Crippen LogP contribution is 2.21. The summed E-state index contributed by atoms with van der Waals surface area (Å²) in [5.74, 6) is -0.216. The van der Waals surface area contributed by atoms with Crippen molar-refractivity contribution >= 4 is 23.4 Å². The van der Waals surface area contributed by atoms with E-state index in [-0.39, 0.29) is 18.2 Å². The molecule has 1 unspecified atom stereocenters. The summed E-state index contributed by atoms with van der Waals surface area (Å²) in [7, 11) is 2.07. The van der Waals surface area contributed by atoms with E-state index in [1.807, 2.05) is 35.2 Å². The molecule has 5 nitrogen and oxygen atoms in total. The SMILES string of the molecule is CN1CCCN(C(=O)CC(NC(=O)c2ccccc2Cl)c2ccccc2)CC1. The number of likely N-dealkylation sites (N-methyl/N-ethyl adjacent to an activating group) is 1. The van der Waals surface area contributed by atoms with Gasteiger partial charge < -0.3 is 15.1 Å². The number of benzene rings is 2. The molecule has 2 amide bonds. The minimum atomic E-state index is -0.404. The third kappa shape index (κ3) is 5.33.